The van der Waals surface area contributed by atoms with Gasteiger partial charge in [0.25, 0.3) is 0 Å². The predicted octanol–water partition coefficient (Wildman–Crippen LogP) is 3.61. The molecule has 1 rings (SSSR count). The average molecular weight is 314 g/mol. The summed E-state index contributed by atoms with van der Waals surface area (Å²) in [5.74, 6) is -1.08. The van der Waals surface area contributed by atoms with Gasteiger partial charge >= 0.3 is 5.97 Å². The van der Waals surface area contributed by atoms with Crippen LogP contribution < -0.4 is 5.32 Å². The van der Waals surface area contributed by atoms with Crippen molar-refractivity contribution in [1.29, 1.82) is 0 Å². The third-order valence-electron chi connectivity index (χ3n) is 2.22. The second-order valence-corrected chi connectivity index (χ2v) is 4.60. The van der Waals surface area contributed by atoms with Gasteiger partial charge in [0.15, 0.2) is 0 Å². The third kappa shape index (κ3) is 4.72. The highest BCUT2D eigenvalue weighted by Gasteiger charge is 2.14. The normalized spacial score (nSPS) is 9.70. The van der Waals surface area contributed by atoms with Crippen LogP contribution in [-0.2, 0) is 14.3 Å². The molecule has 0 heterocycles. The van der Waals surface area contributed by atoms with Crippen molar-refractivity contribution in [2.24, 2.45) is 0 Å². The summed E-state index contributed by atoms with van der Waals surface area (Å²) < 4.78 is 4.76. The van der Waals surface area contributed by atoms with Crippen LogP contribution in [0.25, 0.3) is 0 Å². The quantitative estimate of drug-likeness (QED) is 0.496. The fourth-order valence-electron chi connectivity index (χ4n) is 1.30. The van der Waals surface area contributed by atoms with Crippen molar-refractivity contribution >= 4 is 40.8 Å². The number of carbonyl (C=O) groups excluding carboxylic acids is 2. The van der Waals surface area contributed by atoms with Crippen molar-refractivity contribution in [2.75, 3.05) is 11.9 Å². The number of halogens is 2. The van der Waals surface area contributed by atoms with Gasteiger partial charge in [0, 0.05) is 5.57 Å². The summed E-state index contributed by atoms with van der Waals surface area (Å²) >= 11 is 11.8. The van der Waals surface area contributed by atoms with Crippen LogP contribution in [0.15, 0.2) is 43.0 Å². The van der Waals surface area contributed by atoms with Crippen LogP contribution in [-0.4, -0.2) is 18.5 Å². The fraction of sp³-hybridized carbons (Fsp3) is 0.143. The Bertz CT molecular complexity index is 555. The van der Waals surface area contributed by atoms with E-state index in [0.717, 1.165) is 0 Å². The number of benzene rings is 1. The van der Waals surface area contributed by atoms with Gasteiger partial charge in [0.05, 0.1) is 22.2 Å². The summed E-state index contributed by atoms with van der Waals surface area (Å²) in [5, 5.41) is 3.11. The molecule has 0 unspecified atom stereocenters. The van der Waals surface area contributed by atoms with Crippen LogP contribution in [0, 0.1) is 0 Å². The van der Waals surface area contributed by atoms with Gasteiger partial charge in [-0.15, -0.1) is 0 Å². The largest absolute Gasteiger partial charge is 0.458 e. The number of anilines is 1. The summed E-state index contributed by atoms with van der Waals surface area (Å²) in [6, 6.07) is 4.85. The molecular weight excluding hydrogens is 301 g/mol. The van der Waals surface area contributed by atoms with E-state index >= 15 is 0 Å². The molecule has 20 heavy (non-hydrogen) atoms. The van der Waals surface area contributed by atoms with E-state index in [-0.39, 0.29) is 23.6 Å². The Kier molecular flexibility index (Phi) is 6.28. The average Bonchev–Trinajstić information content (AvgIpc) is 2.41. The highest BCUT2D eigenvalue weighted by atomic mass is 35.5. The van der Waals surface area contributed by atoms with E-state index in [1.165, 1.54) is 6.08 Å². The van der Waals surface area contributed by atoms with Gasteiger partial charge in [-0.1, -0.05) is 48.5 Å². The van der Waals surface area contributed by atoms with Crippen LogP contribution in [0.5, 0.6) is 0 Å². The number of esters is 1. The number of ether oxygens (including phenoxy) is 1. The van der Waals surface area contributed by atoms with Crippen LogP contribution in [0.1, 0.15) is 6.42 Å². The summed E-state index contributed by atoms with van der Waals surface area (Å²) in [5.41, 5.74) is 0.416. The fourth-order valence-corrected chi connectivity index (χ4v) is 1.65. The Labute approximate surface area is 127 Å². The molecule has 0 atom stereocenters. The Morgan fingerprint density at radius 2 is 2.05 bits per heavy atom. The van der Waals surface area contributed by atoms with Gasteiger partial charge in [0.1, 0.15) is 6.61 Å². The molecule has 1 amide bonds. The minimum Gasteiger partial charge on any atom is -0.458 e. The van der Waals surface area contributed by atoms with Crippen molar-refractivity contribution < 1.29 is 14.3 Å². The Hall–Kier alpha value is -1.78. The van der Waals surface area contributed by atoms with E-state index in [1.807, 2.05) is 0 Å². The zero-order chi connectivity index (χ0) is 15.1. The summed E-state index contributed by atoms with van der Waals surface area (Å²) in [6.07, 6.45) is 1.23. The number of amides is 1. The zero-order valence-corrected chi connectivity index (χ0v) is 12.1. The zero-order valence-electron chi connectivity index (χ0n) is 10.6. The molecule has 6 heteroatoms. The van der Waals surface area contributed by atoms with Crippen LogP contribution in [0.2, 0.25) is 10.0 Å². The van der Waals surface area contributed by atoms with Crippen molar-refractivity contribution in [3.8, 4) is 0 Å². The standard InChI is InChI=1S/C14H13Cl2NO3/c1-3-7-20-14(19)9(2)8-12(18)17-11-6-4-5-10(15)13(11)16/h3-6H,1-2,7-8H2,(H,17,18). The lowest BCUT2D eigenvalue weighted by Gasteiger charge is -2.09. The Morgan fingerprint density at radius 3 is 2.70 bits per heavy atom. The molecule has 1 aromatic carbocycles. The molecule has 0 fully saturated rings. The Morgan fingerprint density at radius 1 is 1.35 bits per heavy atom. The lowest BCUT2D eigenvalue weighted by Crippen LogP contribution is -2.16. The molecule has 0 radical (unpaired) electrons. The molecule has 0 aliphatic rings. The highest BCUT2D eigenvalue weighted by Crippen LogP contribution is 2.29. The SMILES string of the molecule is C=CCOC(=O)C(=C)CC(=O)Nc1cccc(Cl)c1Cl. The second-order valence-electron chi connectivity index (χ2n) is 3.82. The van der Waals surface area contributed by atoms with Gasteiger partial charge < -0.3 is 10.1 Å². The lowest BCUT2D eigenvalue weighted by atomic mass is 10.2. The molecular formula is C14H13Cl2NO3. The molecule has 0 saturated heterocycles. The topological polar surface area (TPSA) is 55.4 Å². The highest BCUT2D eigenvalue weighted by molar-refractivity contribution is 6.44. The van der Waals surface area contributed by atoms with Crippen molar-refractivity contribution in [2.45, 2.75) is 6.42 Å². The number of hydrogen-bond donors (Lipinski definition) is 1. The molecule has 4 nitrogen and oxygen atoms in total. The first-order valence-corrected chi connectivity index (χ1v) is 6.41. The van der Waals surface area contributed by atoms with Gasteiger partial charge in [-0.3, -0.25) is 4.79 Å². The van der Waals surface area contributed by atoms with E-state index < -0.39 is 11.9 Å². The number of hydrogen-bond acceptors (Lipinski definition) is 3. The van der Waals surface area contributed by atoms with Crippen molar-refractivity contribution in [3.05, 3.63) is 53.1 Å². The molecule has 0 bridgehead atoms. The molecule has 0 saturated carbocycles. The Balaban J connectivity index is 2.59. The first-order chi connectivity index (χ1) is 9.45. The third-order valence-corrected chi connectivity index (χ3v) is 3.04. The second kappa shape index (κ2) is 7.72. The smallest absolute Gasteiger partial charge is 0.334 e. The van der Waals surface area contributed by atoms with E-state index in [9.17, 15) is 9.59 Å². The van der Waals surface area contributed by atoms with Crippen LogP contribution in [0.3, 0.4) is 0 Å². The van der Waals surface area contributed by atoms with Gasteiger partial charge in [0.2, 0.25) is 5.91 Å². The minimum absolute atomic E-state index is 0.0440. The van der Waals surface area contributed by atoms with Crippen molar-refractivity contribution in [1.82, 2.24) is 0 Å². The van der Waals surface area contributed by atoms with Crippen LogP contribution >= 0.6 is 23.2 Å². The number of carbonyl (C=O) groups is 2. The lowest BCUT2D eigenvalue weighted by molar-refractivity contribution is -0.138. The van der Waals surface area contributed by atoms with E-state index in [2.05, 4.69) is 18.5 Å². The molecule has 0 spiro atoms. The maximum Gasteiger partial charge on any atom is 0.334 e. The van der Waals surface area contributed by atoms with E-state index in [0.29, 0.717) is 10.7 Å². The monoisotopic (exact) mass is 313 g/mol. The molecule has 106 valence electrons. The number of nitrogens with one attached hydrogen (secondary N) is 1. The van der Waals surface area contributed by atoms with Gasteiger partial charge in [-0.05, 0) is 12.1 Å². The number of rotatable bonds is 6. The van der Waals surface area contributed by atoms with Gasteiger partial charge in [-0.25, -0.2) is 4.79 Å². The summed E-state index contributed by atoms with van der Waals surface area (Å²) in [7, 11) is 0. The summed E-state index contributed by atoms with van der Waals surface area (Å²) in [6.45, 7) is 6.98. The summed E-state index contributed by atoms with van der Waals surface area (Å²) in [4.78, 5) is 23.2. The maximum absolute atomic E-state index is 11.8. The minimum atomic E-state index is -0.641. The van der Waals surface area contributed by atoms with E-state index in [1.54, 1.807) is 18.2 Å². The first-order valence-electron chi connectivity index (χ1n) is 5.65. The molecule has 1 N–H and O–H groups in total. The molecule has 0 aliphatic heterocycles. The molecule has 0 aromatic heterocycles. The van der Waals surface area contributed by atoms with Gasteiger partial charge in [-0.2, -0.15) is 0 Å². The first kappa shape index (κ1) is 16.3. The molecule has 0 aliphatic carbocycles. The predicted molar refractivity (Wildman–Crippen MR) is 80.0 cm³/mol. The molecule has 1 aromatic rings. The van der Waals surface area contributed by atoms with Crippen LogP contribution in [0.4, 0.5) is 5.69 Å². The van der Waals surface area contributed by atoms with E-state index in [4.69, 9.17) is 27.9 Å². The maximum atomic E-state index is 11.8. The van der Waals surface area contributed by atoms with Crippen molar-refractivity contribution in [3.63, 3.8) is 0 Å².